The second-order valence-electron chi connectivity index (χ2n) is 6.09. The van der Waals surface area contributed by atoms with Gasteiger partial charge in [0.2, 0.25) is 0 Å². The second kappa shape index (κ2) is 6.87. The summed E-state index contributed by atoms with van der Waals surface area (Å²) < 4.78 is 5.21. The quantitative estimate of drug-likeness (QED) is 0.684. The number of carbonyl (C=O) groups excluding carboxylic acids is 2. The minimum Gasteiger partial charge on any atom is -0.457 e. The molecule has 0 unspecified atom stereocenters. The normalized spacial score (nSPS) is 17.1. The highest BCUT2D eigenvalue weighted by atomic mass is 16.5. The summed E-state index contributed by atoms with van der Waals surface area (Å²) in [5, 5.41) is 0. The van der Waals surface area contributed by atoms with E-state index in [2.05, 4.69) is 4.98 Å². The Bertz CT molecular complexity index is 787. The third kappa shape index (κ3) is 3.04. The standard InChI is InChI=1S/C20H21NO3/c1-3-4-10-24-20(23)19-13(2)18-16(21-19)11-15(12-17(18)22)14-8-6-5-7-9-14/h3-9,15,21H,10-12H2,1-2H3/b4-3+/t15-/m1/s1. The van der Waals surface area contributed by atoms with Crippen LogP contribution in [0.25, 0.3) is 0 Å². The van der Waals surface area contributed by atoms with Crippen LogP contribution >= 0.6 is 0 Å². The fourth-order valence-electron chi connectivity index (χ4n) is 3.29. The zero-order chi connectivity index (χ0) is 17.1. The second-order valence-corrected chi connectivity index (χ2v) is 6.09. The van der Waals surface area contributed by atoms with Crippen LogP contribution in [-0.2, 0) is 11.2 Å². The maximum absolute atomic E-state index is 12.6. The number of ether oxygens (including phenoxy) is 1. The molecule has 1 aromatic carbocycles. The van der Waals surface area contributed by atoms with Crippen molar-refractivity contribution in [2.75, 3.05) is 6.61 Å². The number of allylic oxidation sites excluding steroid dienone is 1. The summed E-state index contributed by atoms with van der Waals surface area (Å²) >= 11 is 0. The third-order valence-corrected chi connectivity index (χ3v) is 4.51. The number of aromatic amines is 1. The highest BCUT2D eigenvalue weighted by Gasteiger charge is 2.32. The van der Waals surface area contributed by atoms with E-state index in [1.807, 2.05) is 50.3 Å². The van der Waals surface area contributed by atoms with Gasteiger partial charge < -0.3 is 9.72 Å². The Labute approximate surface area is 141 Å². The number of fused-ring (bicyclic) bond motifs is 1. The van der Waals surface area contributed by atoms with Crippen molar-refractivity contribution < 1.29 is 14.3 Å². The molecule has 0 amide bonds. The van der Waals surface area contributed by atoms with Crippen molar-refractivity contribution in [1.29, 1.82) is 0 Å². The average molecular weight is 323 g/mol. The molecule has 0 fully saturated rings. The maximum atomic E-state index is 12.6. The molecule has 0 saturated carbocycles. The average Bonchev–Trinajstić information content (AvgIpc) is 2.93. The number of benzene rings is 1. The number of hydrogen-bond acceptors (Lipinski definition) is 3. The first-order chi connectivity index (χ1) is 11.6. The van der Waals surface area contributed by atoms with Gasteiger partial charge in [0, 0.05) is 17.7 Å². The minimum atomic E-state index is -0.413. The van der Waals surface area contributed by atoms with Crippen molar-refractivity contribution >= 4 is 11.8 Å². The summed E-state index contributed by atoms with van der Waals surface area (Å²) in [4.78, 5) is 28.0. The van der Waals surface area contributed by atoms with Crippen molar-refractivity contribution in [3.63, 3.8) is 0 Å². The zero-order valence-electron chi connectivity index (χ0n) is 14.0. The minimum absolute atomic E-state index is 0.0892. The lowest BCUT2D eigenvalue weighted by Gasteiger charge is -2.22. The lowest BCUT2D eigenvalue weighted by Crippen LogP contribution is -2.18. The first kappa shape index (κ1) is 16.2. The van der Waals surface area contributed by atoms with Crippen LogP contribution in [0.2, 0.25) is 0 Å². The Morgan fingerprint density at radius 3 is 2.75 bits per heavy atom. The van der Waals surface area contributed by atoms with Crippen molar-refractivity contribution in [3.8, 4) is 0 Å². The number of H-pyrrole nitrogens is 1. The molecule has 1 N–H and O–H groups in total. The summed E-state index contributed by atoms with van der Waals surface area (Å²) in [7, 11) is 0. The molecule has 0 radical (unpaired) electrons. The van der Waals surface area contributed by atoms with Gasteiger partial charge >= 0.3 is 5.97 Å². The summed E-state index contributed by atoms with van der Waals surface area (Å²) in [5.41, 5.74) is 3.76. The van der Waals surface area contributed by atoms with E-state index in [4.69, 9.17) is 4.74 Å². The van der Waals surface area contributed by atoms with E-state index in [9.17, 15) is 9.59 Å². The Hall–Kier alpha value is -2.62. The molecule has 4 nitrogen and oxygen atoms in total. The highest BCUT2D eigenvalue weighted by molar-refractivity contribution is 6.03. The van der Waals surface area contributed by atoms with Crippen LogP contribution < -0.4 is 0 Å². The van der Waals surface area contributed by atoms with E-state index in [1.54, 1.807) is 6.08 Å². The molecule has 0 aliphatic heterocycles. The van der Waals surface area contributed by atoms with Gasteiger partial charge in [-0.15, -0.1) is 0 Å². The van der Waals surface area contributed by atoms with E-state index in [0.29, 0.717) is 23.2 Å². The Morgan fingerprint density at radius 1 is 1.29 bits per heavy atom. The number of ketones is 1. The van der Waals surface area contributed by atoms with E-state index in [1.165, 1.54) is 0 Å². The predicted molar refractivity (Wildman–Crippen MR) is 92.5 cm³/mol. The zero-order valence-corrected chi connectivity index (χ0v) is 14.0. The molecule has 0 bridgehead atoms. The van der Waals surface area contributed by atoms with E-state index >= 15 is 0 Å². The molecule has 24 heavy (non-hydrogen) atoms. The van der Waals surface area contributed by atoms with Gasteiger partial charge in [-0.1, -0.05) is 42.5 Å². The molecule has 1 atom stereocenters. The molecule has 1 heterocycles. The van der Waals surface area contributed by atoms with Crippen LogP contribution in [0.4, 0.5) is 0 Å². The van der Waals surface area contributed by atoms with Gasteiger partial charge in [-0.05, 0) is 37.3 Å². The van der Waals surface area contributed by atoms with Crippen molar-refractivity contribution in [1.82, 2.24) is 4.98 Å². The van der Waals surface area contributed by atoms with Crippen LogP contribution in [0, 0.1) is 6.92 Å². The van der Waals surface area contributed by atoms with Gasteiger partial charge in [0.1, 0.15) is 12.3 Å². The number of carbonyl (C=O) groups is 2. The van der Waals surface area contributed by atoms with Crippen LogP contribution in [0.1, 0.15) is 56.9 Å². The lowest BCUT2D eigenvalue weighted by molar-refractivity contribution is 0.0542. The third-order valence-electron chi connectivity index (χ3n) is 4.51. The number of nitrogens with one attached hydrogen (secondary N) is 1. The number of hydrogen-bond donors (Lipinski definition) is 1. The molecular weight excluding hydrogens is 302 g/mol. The fraction of sp³-hybridized carbons (Fsp3) is 0.300. The van der Waals surface area contributed by atoms with Gasteiger partial charge in [-0.25, -0.2) is 4.79 Å². The molecule has 1 aliphatic carbocycles. The Kier molecular flexibility index (Phi) is 4.65. The topological polar surface area (TPSA) is 59.2 Å². The van der Waals surface area contributed by atoms with Crippen molar-refractivity contribution in [2.24, 2.45) is 0 Å². The summed E-state index contributed by atoms with van der Waals surface area (Å²) in [6.07, 6.45) is 4.80. The van der Waals surface area contributed by atoms with Crippen LogP contribution in [0.3, 0.4) is 0 Å². The summed E-state index contributed by atoms with van der Waals surface area (Å²) in [6.45, 7) is 3.91. The molecule has 3 rings (SSSR count). The van der Waals surface area contributed by atoms with E-state index < -0.39 is 5.97 Å². The van der Waals surface area contributed by atoms with Gasteiger partial charge in [0.15, 0.2) is 5.78 Å². The lowest BCUT2D eigenvalue weighted by atomic mass is 9.81. The van der Waals surface area contributed by atoms with E-state index in [-0.39, 0.29) is 18.3 Å². The Morgan fingerprint density at radius 2 is 2.04 bits per heavy atom. The molecule has 0 spiro atoms. The van der Waals surface area contributed by atoms with Gasteiger partial charge in [-0.3, -0.25) is 4.79 Å². The molecule has 1 aromatic heterocycles. The first-order valence-corrected chi connectivity index (χ1v) is 8.19. The van der Waals surface area contributed by atoms with Crippen LogP contribution in [0.5, 0.6) is 0 Å². The largest absolute Gasteiger partial charge is 0.457 e. The number of aromatic nitrogens is 1. The molecular formula is C20H21NO3. The molecule has 1 aliphatic rings. The smallest absolute Gasteiger partial charge is 0.355 e. The van der Waals surface area contributed by atoms with Gasteiger partial charge in [0.25, 0.3) is 0 Å². The predicted octanol–water partition coefficient (Wildman–Crippen LogP) is 3.97. The highest BCUT2D eigenvalue weighted by Crippen LogP contribution is 2.35. The first-order valence-electron chi connectivity index (χ1n) is 8.19. The number of rotatable bonds is 4. The van der Waals surface area contributed by atoms with Crippen LogP contribution in [-0.4, -0.2) is 23.3 Å². The summed E-state index contributed by atoms with van der Waals surface area (Å²) in [5.74, 6) is -0.174. The van der Waals surface area contributed by atoms with Crippen molar-refractivity contribution in [2.45, 2.75) is 32.6 Å². The van der Waals surface area contributed by atoms with Crippen LogP contribution in [0.15, 0.2) is 42.5 Å². The monoisotopic (exact) mass is 323 g/mol. The SMILES string of the molecule is C/C=C/COC(=O)c1[nH]c2c(c1C)C(=O)C[C@H](c1ccccc1)C2. The molecule has 0 saturated heterocycles. The number of Topliss-reactive ketones (excluding diaryl/α,β-unsaturated/α-hetero) is 1. The summed E-state index contributed by atoms with van der Waals surface area (Å²) in [6, 6.07) is 10.0. The van der Waals surface area contributed by atoms with Crippen molar-refractivity contribution in [3.05, 3.63) is 70.6 Å². The molecule has 2 aromatic rings. The van der Waals surface area contributed by atoms with Gasteiger partial charge in [0.05, 0.1) is 0 Å². The number of esters is 1. The van der Waals surface area contributed by atoms with E-state index in [0.717, 1.165) is 17.7 Å². The molecule has 124 valence electrons. The fourth-order valence-corrected chi connectivity index (χ4v) is 3.29. The maximum Gasteiger partial charge on any atom is 0.355 e. The Balaban J connectivity index is 1.87. The van der Waals surface area contributed by atoms with Gasteiger partial charge in [-0.2, -0.15) is 0 Å². The molecule has 4 heteroatoms.